The molecule has 2 rings (SSSR count). The fourth-order valence-electron chi connectivity index (χ4n) is 2.38. The summed E-state index contributed by atoms with van der Waals surface area (Å²) in [5.41, 5.74) is 1.00. The highest BCUT2D eigenvalue weighted by Gasteiger charge is 2.17. The van der Waals surface area contributed by atoms with E-state index in [-0.39, 0.29) is 23.8 Å². The van der Waals surface area contributed by atoms with E-state index in [1.165, 1.54) is 6.07 Å². The third kappa shape index (κ3) is 5.60. The summed E-state index contributed by atoms with van der Waals surface area (Å²) in [7, 11) is 0. The van der Waals surface area contributed by atoms with E-state index in [0.29, 0.717) is 17.3 Å². The Morgan fingerprint density at radius 1 is 1.62 bits per heavy atom. The van der Waals surface area contributed by atoms with Gasteiger partial charge < -0.3 is 10.6 Å². The molecule has 0 bridgehead atoms. The van der Waals surface area contributed by atoms with E-state index in [1.54, 1.807) is 12.1 Å². The maximum atomic E-state index is 13.2. The van der Waals surface area contributed by atoms with Crippen LogP contribution in [0.1, 0.15) is 18.9 Å². The largest absolute Gasteiger partial charge is 0.353 e. The van der Waals surface area contributed by atoms with Gasteiger partial charge in [0.25, 0.3) is 0 Å². The maximum Gasteiger partial charge on any atom is 0.221 e. The number of halogens is 2. The summed E-state index contributed by atoms with van der Waals surface area (Å²) in [6, 6.07) is 5.26. The molecule has 21 heavy (non-hydrogen) atoms. The van der Waals surface area contributed by atoms with E-state index in [1.807, 2.05) is 18.7 Å². The lowest BCUT2D eigenvalue weighted by molar-refractivity contribution is -0.122. The molecule has 2 atom stereocenters. The van der Waals surface area contributed by atoms with Gasteiger partial charge in [-0.2, -0.15) is 11.8 Å². The van der Waals surface area contributed by atoms with Crippen LogP contribution < -0.4 is 10.6 Å². The Morgan fingerprint density at radius 3 is 3.10 bits per heavy atom. The van der Waals surface area contributed by atoms with Crippen LogP contribution in [0, 0.1) is 5.82 Å². The summed E-state index contributed by atoms with van der Waals surface area (Å²) < 4.78 is 13.6. The Kier molecular flexibility index (Phi) is 6.51. The second kappa shape index (κ2) is 8.15. The molecule has 1 aliphatic rings. The lowest BCUT2D eigenvalue weighted by Gasteiger charge is -2.23. The van der Waals surface area contributed by atoms with E-state index >= 15 is 0 Å². The van der Waals surface area contributed by atoms with Crippen molar-refractivity contribution in [3.05, 3.63) is 34.1 Å². The summed E-state index contributed by atoms with van der Waals surface area (Å²) in [6.07, 6.45) is 1.21. The number of rotatable bonds is 5. The average Bonchev–Trinajstić information content (AvgIpc) is 2.43. The van der Waals surface area contributed by atoms with Gasteiger partial charge in [0, 0.05) is 36.6 Å². The molecule has 0 aromatic heterocycles. The molecule has 1 fully saturated rings. The second-order valence-electron chi connectivity index (χ2n) is 5.35. The molecule has 0 spiro atoms. The van der Waals surface area contributed by atoms with Gasteiger partial charge in [-0.05, 0) is 47.0 Å². The summed E-state index contributed by atoms with van der Waals surface area (Å²) in [5.74, 6) is 1.92. The standard InChI is InChI=1S/C15H20BrFN2OS/c1-10(6-11-2-3-14(17)13(16)7-11)19-15(20)8-12-9-21-5-4-18-12/h2-3,7,10,12,18H,4-6,8-9H2,1H3,(H,19,20). The van der Waals surface area contributed by atoms with Crippen molar-refractivity contribution < 1.29 is 9.18 Å². The normalized spacial score (nSPS) is 20.0. The highest BCUT2D eigenvalue weighted by atomic mass is 79.9. The number of benzene rings is 1. The van der Waals surface area contributed by atoms with Crippen molar-refractivity contribution in [2.75, 3.05) is 18.1 Å². The van der Waals surface area contributed by atoms with Gasteiger partial charge in [0.05, 0.1) is 4.47 Å². The first-order chi connectivity index (χ1) is 10.0. The van der Waals surface area contributed by atoms with Gasteiger partial charge in [-0.3, -0.25) is 4.79 Å². The Hall–Kier alpha value is -0.590. The van der Waals surface area contributed by atoms with Crippen LogP contribution in [0.25, 0.3) is 0 Å². The van der Waals surface area contributed by atoms with E-state index in [4.69, 9.17) is 0 Å². The average molecular weight is 375 g/mol. The lowest BCUT2D eigenvalue weighted by Crippen LogP contribution is -2.43. The molecule has 6 heteroatoms. The molecule has 0 radical (unpaired) electrons. The number of carbonyl (C=O) groups is 1. The smallest absolute Gasteiger partial charge is 0.221 e. The van der Waals surface area contributed by atoms with E-state index in [9.17, 15) is 9.18 Å². The zero-order valence-electron chi connectivity index (χ0n) is 12.0. The van der Waals surface area contributed by atoms with Crippen LogP contribution in [-0.2, 0) is 11.2 Å². The van der Waals surface area contributed by atoms with E-state index in [2.05, 4.69) is 26.6 Å². The zero-order valence-corrected chi connectivity index (χ0v) is 14.4. The predicted octanol–water partition coefficient (Wildman–Crippen LogP) is 2.73. The van der Waals surface area contributed by atoms with Crippen LogP contribution in [0.2, 0.25) is 0 Å². The highest BCUT2D eigenvalue weighted by Crippen LogP contribution is 2.18. The van der Waals surface area contributed by atoms with Gasteiger partial charge >= 0.3 is 0 Å². The minimum absolute atomic E-state index is 0.0334. The van der Waals surface area contributed by atoms with Gasteiger partial charge in [0.15, 0.2) is 0 Å². The SMILES string of the molecule is CC(Cc1ccc(F)c(Br)c1)NC(=O)CC1CSCCN1. The summed E-state index contributed by atoms with van der Waals surface area (Å²) >= 11 is 5.07. The number of hydrogen-bond donors (Lipinski definition) is 2. The van der Waals surface area contributed by atoms with Crippen molar-refractivity contribution >= 4 is 33.6 Å². The van der Waals surface area contributed by atoms with Crippen molar-refractivity contribution in [1.82, 2.24) is 10.6 Å². The minimum atomic E-state index is -0.267. The van der Waals surface area contributed by atoms with Gasteiger partial charge in [0.1, 0.15) is 5.82 Å². The molecule has 2 unspecified atom stereocenters. The monoisotopic (exact) mass is 374 g/mol. The molecule has 1 amide bonds. The highest BCUT2D eigenvalue weighted by molar-refractivity contribution is 9.10. The Morgan fingerprint density at radius 2 is 2.43 bits per heavy atom. The van der Waals surface area contributed by atoms with Crippen molar-refractivity contribution in [2.24, 2.45) is 0 Å². The molecule has 2 N–H and O–H groups in total. The predicted molar refractivity (Wildman–Crippen MR) is 89.1 cm³/mol. The van der Waals surface area contributed by atoms with E-state index < -0.39 is 0 Å². The van der Waals surface area contributed by atoms with Crippen LogP contribution in [0.4, 0.5) is 4.39 Å². The molecule has 1 aromatic rings. The summed E-state index contributed by atoms with van der Waals surface area (Å²) in [4.78, 5) is 12.0. The molecule has 1 heterocycles. The van der Waals surface area contributed by atoms with Crippen LogP contribution in [-0.4, -0.2) is 36.0 Å². The molecule has 1 aliphatic heterocycles. The fraction of sp³-hybridized carbons (Fsp3) is 0.533. The first-order valence-corrected chi connectivity index (χ1v) is 9.04. The third-order valence-electron chi connectivity index (χ3n) is 3.36. The third-order valence-corrected chi connectivity index (χ3v) is 5.10. The Balaban J connectivity index is 1.78. The Labute approximate surface area is 137 Å². The lowest BCUT2D eigenvalue weighted by atomic mass is 10.1. The van der Waals surface area contributed by atoms with Crippen LogP contribution in [0.15, 0.2) is 22.7 Å². The summed E-state index contributed by atoms with van der Waals surface area (Å²) in [5, 5.41) is 6.37. The molecule has 1 aromatic carbocycles. The number of hydrogen-bond acceptors (Lipinski definition) is 3. The molecule has 0 saturated carbocycles. The molecule has 116 valence electrons. The van der Waals surface area contributed by atoms with Crippen LogP contribution in [0.3, 0.4) is 0 Å². The second-order valence-corrected chi connectivity index (χ2v) is 7.36. The van der Waals surface area contributed by atoms with Crippen molar-refractivity contribution in [2.45, 2.75) is 31.8 Å². The number of nitrogens with one attached hydrogen (secondary N) is 2. The quantitative estimate of drug-likeness (QED) is 0.832. The molecule has 3 nitrogen and oxygen atoms in total. The molecular formula is C15H20BrFN2OS. The molecule has 0 aliphatic carbocycles. The van der Waals surface area contributed by atoms with Gasteiger partial charge in [0.2, 0.25) is 5.91 Å². The van der Waals surface area contributed by atoms with Gasteiger partial charge in [-0.25, -0.2) is 4.39 Å². The Bertz CT molecular complexity index is 495. The van der Waals surface area contributed by atoms with Crippen molar-refractivity contribution in [3.63, 3.8) is 0 Å². The minimum Gasteiger partial charge on any atom is -0.353 e. The fourth-order valence-corrected chi connectivity index (χ4v) is 3.75. The first-order valence-electron chi connectivity index (χ1n) is 7.09. The summed E-state index contributed by atoms with van der Waals surface area (Å²) in [6.45, 7) is 2.94. The number of thioether (sulfide) groups is 1. The molecular weight excluding hydrogens is 355 g/mol. The van der Waals surface area contributed by atoms with Gasteiger partial charge in [-0.1, -0.05) is 6.07 Å². The van der Waals surface area contributed by atoms with Crippen molar-refractivity contribution in [3.8, 4) is 0 Å². The van der Waals surface area contributed by atoms with E-state index in [0.717, 1.165) is 23.6 Å². The van der Waals surface area contributed by atoms with Gasteiger partial charge in [-0.15, -0.1) is 0 Å². The number of carbonyl (C=O) groups excluding carboxylic acids is 1. The van der Waals surface area contributed by atoms with Crippen LogP contribution >= 0.6 is 27.7 Å². The number of amides is 1. The zero-order chi connectivity index (χ0) is 15.2. The first kappa shape index (κ1) is 16.8. The van der Waals surface area contributed by atoms with Crippen LogP contribution in [0.5, 0.6) is 0 Å². The maximum absolute atomic E-state index is 13.2. The van der Waals surface area contributed by atoms with Crippen molar-refractivity contribution in [1.29, 1.82) is 0 Å². The molecule has 1 saturated heterocycles. The topological polar surface area (TPSA) is 41.1 Å².